The summed E-state index contributed by atoms with van der Waals surface area (Å²) >= 11 is 0. The summed E-state index contributed by atoms with van der Waals surface area (Å²) in [6.45, 7) is 0. The summed E-state index contributed by atoms with van der Waals surface area (Å²) in [5.74, 6) is 6.73. The molecule has 2 heteroatoms. The predicted molar refractivity (Wildman–Crippen MR) is 71.4 cm³/mol. The molecule has 0 saturated heterocycles. The largest absolute Gasteiger partial charge is 0.508 e. The van der Waals surface area contributed by atoms with Gasteiger partial charge in [0.2, 0.25) is 0 Å². The molecule has 2 rings (SSSR count). The lowest BCUT2D eigenvalue weighted by molar-refractivity contribution is 0.474. The summed E-state index contributed by atoms with van der Waals surface area (Å²) in [5.41, 5.74) is 2.18. The number of rotatable bonds is 2. The van der Waals surface area contributed by atoms with Crippen molar-refractivity contribution in [3.8, 4) is 23.3 Å². The van der Waals surface area contributed by atoms with Crippen LogP contribution in [0.5, 0.6) is 11.5 Å². The minimum Gasteiger partial charge on any atom is -0.508 e. The van der Waals surface area contributed by atoms with Crippen molar-refractivity contribution in [1.29, 1.82) is 0 Å². The van der Waals surface area contributed by atoms with Crippen molar-refractivity contribution in [1.82, 2.24) is 0 Å². The van der Waals surface area contributed by atoms with Gasteiger partial charge in [0.05, 0.1) is 0 Å². The van der Waals surface area contributed by atoms with E-state index in [4.69, 9.17) is 10.2 Å². The SMILES string of the molecule is Oc1ccc(CC#CCc2ccc(O)cc2)cc1. The first kappa shape index (κ1) is 12.1. The second kappa shape index (κ2) is 5.79. The van der Waals surface area contributed by atoms with Gasteiger partial charge in [0.25, 0.3) is 0 Å². The smallest absolute Gasteiger partial charge is 0.115 e. The molecule has 0 bridgehead atoms. The summed E-state index contributed by atoms with van der Waals surface area (Å²) in [5, 5.41) is 18.3. The molecule has 0 radical (unpaired) electrons. The normalized spacial score (nSPS) is 9.56. The van der Waals surface area contributed by atoms with Crippen molar-refractivity contribution in [3.05, 3.63) is 59.7 Å². The fourth-order valence-electron chi connectivity index (χ4n) is 1.56. The monoisotopic (exact) mass is 238 g/mol. The Morgan fingerprint density at radius 3 is 1.28 bits per heavy atom. The van der Waals surface area contributed by atoms with Crippen LogP contribution in [0.1, 0.15) is 11.1 Å². The number of benzene rings is 2. The minimum absolute atomic E-state index is 0.274. The lowest BCUT2D eigenvalue weighted by atomic mass is 10.1. The summed E-state index contributed by atoms with van der Waals surface area (Å²) in [6.07, 6.45) is 1.36. The van der Waals surface area contributed by atoms with Gasteiger partial charge in [0, 0.05) is 12.8 Å². The fourth-order valence-corrected chi connectivity index (χ4v) is 1.56. The van der Waals surface area contributed by atoms with Crippen molar-refractivity contribution >= 4 is 0 Å². The van der Waals surface area contributed by atoms with Crippen LogP contribution in [0.15, 0.2) is 48.5 Å². The molecule has 0 unspecified atom stereocenters. The lowest BCUT2D eigenvalue weighted by Gasteiger charge is -1.96. The molecule has 0 aliphatic heterocycles. The molecule has 90 valence electrons. The maximum atomic E-state index is 9.14. The van der Waals surface area contributed by atoms with Crippen molar-refractivity contribution < 1.29 is 10.2 Å². The van der Waals surface area contributed by atoms with Gasteiger partial charge >= 0.3 is 0 Å². The van der Waals surface area contributed by atoms with Gasteiger partial charge in [-0.2, -0.15) is 0 Å². The summed E-state index contributed by atoms with van der Waals surface area (Å²) in [6, 6.07) is 14.1. The Bertz CT molecular complexity index is 505. The molecule has 0 atom stereocenters. The highest BCUT2D eigenvalue weighted by Crippen LogP contribution is 2.10. The average Bonchev–Trinajstić information content (AvgIpc) is 2.39. The van der Waals surface area contributed by atoms with Crippen LogP contribution < -0.4 is 0 Å². The van der Waals surface area contributed by atoms with Crippen LogP contribution in [0, 0.1) is 11.8 Å². The molecule has 18 heavy (non-hydrogen) atoms. The molecule has 2 aromatic rings. The average molecular weight is 238 g/mol. The number of hydrogen-bond donors (Lipinski definition) is 2. The molecule has 2 nitrogen and oxygen atoms in total. The Kier molecular flexibility index (Phi) is 3.88. The highest BCUT2D eigenvalue weighted by Gasteiger charge is 1.91. The zero-order chi connectivity index (χ0) is 12.8. The van der Waals surface area contributed by atoms with Gasteiger partial charge in [-0.1, -0.05) is 36.1 Å². The fraction of sp³-hybridized carbons (Fsp3) is 0.125. The molecular weight excluding hydrogens is 224 g/mol. The highest BCUT2D eigenvalue weighted by atomic mass is 16.3. The second-order valence-electron chi connectivity index (χ2n) is 4.04. The van der Waals surface area contributed by atoms with Crippen LogP contribution in [-0.2, 0) is 12.8 Å². The van der Waals surface area contributed by atoms with Crippen molar-refractivity contribution in [2.75, 3.05) is 0 Å². The third-order valence-electron chi connectivity index (χ3n) is 2.58. The van der Waals surface area contributed by atoms with Crippen LogP contribution in [0.25, 0.3) is 0 Å². The van der Waals surface area contributed by atoms with E-state index in [0.717, 1.165) is 11.1 Å². The standard InChI is InChI=1S/C16H14O2/c17-15-9-5-13(6-10-15)3-1-2-4-14-7-11-16(18)12-8-14/h5-12,17-18H,3-4H2. The molecule has 0 saturated carbocycles. The zero-order valence-corrected chi connectivity index (χ0v) is 9.93. The van der Waals surface area contributed by atoms with Gasteiger partial charge in [-0.05, 0) is 35.4 Å². The van der Waals surface area contributed by atoms with E-state index in [1.807, 2.05) is 24.3 Å². The van der Waals surface area contributed by atoms with Gasteiger partial charge in [0.1, 0.15) is 11.5 Å². The maximum absolute atomic E-state index is 9.14. The molecule has 0 aromatic heterocycles. The molecule has 2 N–H and O–H groups in total. The van der Waals surface area contributed by atoms with Gasteiger partial charge in [0.15, 0.2) is 0 Å². The first-order valence-electron chi connectivity index (χ1n) is 5.75. The molecule has 0 heterocycles. The summed E-state index contributed by atoms with van der Waals surface area (Å²) in [7, 11) is 0. The van der Waals surface area contributed by atoms with Crippen LogP contribution in [0.3, 0.4) is 0 Å². The van der Waals surface area contributed by atoms with Crippen LogP contribution >= 0.6 is 0 Å². The molecule has 0 aliphatic rings. The topological polar surface area (TPSA) is 40.5 Å². The zero-order valence-electron chi connectivity index (χ0n) is 9.93. The highest BCUT2D eigenvalue weighted by molar-refractivity contribution is 5.31. The molecule has 0 amide bonds. The number of hydrogen-bond acceptors (Lipinski definition) is 2. The van der Waals surface area contributed by atoms with Crippen LogP contribution in [-0.4, -0.2) is 10.2 Å². The number of phenolic OH excluding ortho intramolecular Hbond substituents is 2. The predicted octanol–water partition coefficient (Wildman–Crippen LogP) is 2.89. The van der Waals surface area contributed by atoms with Crippen molar-refractivity contribution in [3.63, 3.8) is 0 Å². The first-order chi connectivity index (χ1) is 8.74. The summed E-state index contributed by atoms with van der Waals surface area (Å²) < 4.78 is 0. The maximum Gasteiger partial charge on any atom is 0.115 e. The summed E-state index contributed by atoms with van der Waals surface area (Å²) in [4.78, 5) is 0. The number of phenols is 2. The van der Waals surface area contributed by atoms with E-state index >= 15 is 0 Å². The Morgan fingerprint density at radius 2 is 0.944 bits per heavy atom. The molecule has 0 aliphatic carbocycles. The van der Waals surface area contributed by atoms with E-state index in [-0.39, 0.29) is 11.5 Å². The van der Waals surface area contributed by atoms with E-state index < -0.39 is 0 Å². The molecule has 0 fully saturated rings. The van der Waals surface area contributed by atoms with Gasteiger partial charge in [-0.15, -0.1) is 0 Å². The van der Waals surface area contributed by atoms with Crippen LogP contribution in [0.4, 0.5) is 0 Å². The first-order valence-corrected chi connectivity index (χ1v) is 5.75. The molecular formula is C16H14O2. The van der Waals surface area contributed by atoms with Gasteiger partial charge in [-0.3, -0.25) is 0 Å². The second-order valence-corrected chi connectivity index (χ2v) is 4.04. The third-order valence-corrected chi connectivity index (χ3v) is 2.58. The van der Waals surface area contributed by atoms with Gasteiger partial charge < -0.3 is 10.2 Å². The van der Waals surface area contributed by atoms with E-state index in [0.29, 0.717) is 12.8 Å². The molecule has 0 spiro atoms. The van der Waals surface area contributed by atoms with Crippen molar-refractivity contribution in [2.45, 2.75) is 12.8 Å². The van der Waals surface area contributed by atoms with E-state index in [2.05, 4.69) is 11.8 Å². The van der Waals surface area contributed by atoms with Crippen LogP contribution in [0.2, 0.25) is 0 Å². The van der Waals surface area contributed by atoms with Crippen molar-refractivity contribution in [2.24, 2.45) is 0 Å². The minimum atomic E-state index is 0.274. The Balaban J connectivity index is 1.89. The Hall–Kier alpha value is -2.40. The van der Waals surface area contributed by atoms with E-state index in [1.54, 1.807) is 24.3 Å². The van der Waals surface area contributed by atoms with Gasteiger partial charge in [-0.25, -0.2) is 0 Å². The molecule has 2 aromatic carbocycles. The van der Waals surface area contributed by atoms with E-state index in [9.17, 15) is 0 Å². The van der Waals surface area contributed by atoms with E-state index in [1.165, 1.54) is 0 Å². The Labute approximate surface area is 107 Å². The Morgan fingerprint density at radius 1 is 0.611 bits per heavy atom. The lowest BCUT2D eigenvalue weighted by Crippen LogP contribution is -1.82. The quantitative estimate of drug-likeness (QED) is 0.790. The third kappa shape index (κ3) is 3.57. The number of aromatic hydroxyl groups is 2.